The third-order valence-corrected chi connectivity index (χ3v) is 4.60. The summed E-state index contributed by atoms with van der Waals surface area (Å²) in [6, 6.07) is 5.20. The lowest BCUT2D eigenvalue weighted by Crippen LogP contribution is -2.18. The fraction of sp³-hybridized carbons (Fsp3) is 0. The van der Waals surface area contributed by atoms with Crippen molar-refractivity contribution in [2.24, 2.45) is 5.10 Å². The van der Waals surface area contributed by atoms with Crippen LogP contribution in [0.25, 0.3) is 0 Å². The van der Waals surface area contributed by atoms with E-state index in [0.29, 0.717) is 8.95 Å². The average Bonchev–Trinajstić information content (AvgIpc) is 2.54. The van der Waals surface area contributed by atoms with E-state index in [-0.39, 0.29) is 32.8 Å². The summed E-state index contributed by atoms with van der Waals surface area (Å²) in [4.78, 5) is 22.3. The van der Waals surface area contributed by atoms with Crippen LogP contribution in [0.1, 0.15) is 15.9 Å². The molecule has 8 nitrogen and oxygen atoms in total. The van der Waals surface area contributed by atoms with Gasteiger partial charge in [0, 0.05) is 22.2 Å². The van der Waals surface area contributed by atoms with Crippen LogP contribution in [0.3, 0.4) is 0 Å². The second-order valence-corrected chi connectivity index (χ2v) is 7.23. The number of nitro groups is 1. The van der Waals surface area contributed by atoms with E-state index in [9.17, 15) is 25.1 Å². The topological polar surface area (TPSA) is 125 Å². The number of nitro benzene ring substituents is 1. The van der Waals surface area contributed by atoms with E-state index in [1.54, 1.807) is 6.07 Å². The molecule has 130 valence electrons. The van der Waals surface area contributed by atoms with Gasteiger partial charge in [-0.3, -0.25) is 14.9 Å². The van der Waals surface area contributed by atoms with Crippen LogP contribution in [-0.4, -0.2) is 27.3 Å². The van der Waals surface area contributed by atoms with Gasteiger partial charge in [0.25, 0.3) is 11.6 Å². The molecule has 0 aliphatic carbocycles. The first kappa shape index (κ1) is 19.3. The Bertz CT molecular complexity index is 902. The van der Waals surface area contributed by atoms with Gasteiger partial charge in [-0.1, -0.05) is 15.9 Å². The van der Waals surface area contributed by atoms with Crippen LogP contribution in [0, 0.1) is 10.1 Å². The Labute approximate surface area is 166 Å². The van der Waals surface area contributed by atoms with Gasteiger partial charge in [0.2, 0.25) is 0 Å². The summed E-state index contributed by atoms with van der Waals surface area (Å²) in [6.45, 7) is 0. The highest BCUT2D eigenvalue weighted by molar-refractivity contribution is 9.11. The molecule has 0 unspecified atom stereocenters. The Balaban J connectivity index is 2.24. The van der Waals surface area contributed by atoms with Crippen molar-refractivity contribution in [3.8, 4) is 11.5 Å². The van der Waals surface area contributed by atoms with Gasteiger partial charge in [0.15, 0.2) is 0 Å². The van der Waals surface area contributed by atoms with Gasteiger partial charge in [-0.2, -0.15) is 5.10 Å². The van der Waals surface area contributed by atoms with E-state index in [1.165, 1.54) is 6.07 Å². The highest BCUT2D eigenvalue weighted by Crippen LogP contribution is 2.32. The number of phenolic OH excluding ortho intramolecular Hbond substituents is 2. The molecule has 0 bridgehead atoms. The van der Waals surface area contributed by atoms with Gasteiger partial charge in [-0.05, 0) is 44.0 Å². The van der Waals surface area contributed by atoms with Crippen LogP contribution < -0.4 is 5.43 Å². The summed E-state index contributed by atoms with van der Waals surface area (Å²) < 4.78 is 0.992. The van der Waals surface area contributed by atoms with Crippen LogP contribution in [0.4, 0.5) is 5.69 Å². The smallest absolute Gasteiger partial charge is 0.275 e. The van der Waals surface area contributed by atoms with Crippen LogP contribution >= 0.6 is 47.8 Å². The largest absolute Gasteiger partial charge is 0.506 e. The maximum atomic E-state index is 12.1. The first-order valence-corrected chi connectivity index (χ1v) is 8.77. The fourth-order valence-electron chi connectivity index (χ4n) is 1.77. The molecule has 0 heterocycles. The molecule has 2 aromatic carbocycles. The van der Waals surface area contributed by atoms with Crippen molar-refractivity contribution < 1.29 is 19.9 Å². The summed E-state index contributed by atoms with van der Waals surface area (Å²) in [7, 11) is 0. The lowest BCUT2D eigenvalue weighted by atomic mass is 10.2. The van der Waals surface area contributed by atoms with Gasteiger partial charge in [-0.15, -0.1) is 0 Å². The van der Waals surface area contributed by atoms with E-state index in [4.69, 9.17) is 0 Å². The van der Waals surface area contributed by atoms with Crippen molar-refractivity contribution in [3.63, 3.8) is 0 Å². The van der Waals surface area contributed by atoms with Gasteiger partial charge < -0.3 is 10.2 Å². The molecular weight excluding hydrogens is 530 g/mol. The summed E-state index contributed by atoms with van der Waals surface area (Å²) in [6.07, 6.45) is 1.05. The Hall–Kier alpha value is -1.98. The molecule has 0 spiro atoms. The highest BCUT2D eigenvalue weighted by Gasteiger charge is 2.16. The van der Waals surface area contributed by atoms with Crippen LogP contribution in [0.2, 0.25) is 0 Å². The minimum atomic E-state index is -0.709. The first-order valence-electron chi connectivity index (χ1n) is 6.39. The van der Waals surface area contributed by atoms with Crippen LogP contribution in [0.5, 0.6) is 11.5 Å². The number of hydrazone groups is 1. The summed E-state index contributed by atoms with van der Waals surface area (Å²) in [5, 5.41) is 34.3. The van der Waals surface area contributed by atoms with Crippen molar-refractivity contribution in [1.29, 1.82) is 0 Å². The van der Waals surface area contributed by atoms with Gasteiger partial charge >= 0.3 is 0 Å². The zero-order valence-corrected chi connectivity index (χ0v) is 16.8. The summed E-state index contributed by atoms with van der Waals surface area (Å²) in [5.74, 6) is -1.24. The van der Waals surface area contributed by atoms with Crippen molar-refractivity contribution in [2.45, 2.75) is 0 Å². The molecule has 11 heteroatoms. The molecule has 0 aliphatic heterocycles. The molecule has 2 rings (SSSR count). The SMILES string of the molecule is O=C(N/N=C\c1cc([N+](=O)[O-])cc(Br)c1O)c1cc(Br)cc(Br)c1O. The number of phenols is 2. The molecule has 25 heavy (non-hydrogen) atoms. The van der Waals surface area contributed by atoms with Crippen molar-refractivity contribution in [2.75, 3.05) is 0 Å². The zero-order valence-electron chi connectivity index (χ0n) is 12.0. The second kappa shape index (κ2) is 7.93. The lowest BCUT2D eigenvalue weighted by molar-refractivity contribution is -0.385. The Kier molecular flexibility index (Phi) is 6.14. The number of rotatable bonds is 4. The normalized spacial score (nSPS) is 10.8. The molecular formula is C14H8Br3N3O5. The van der Waals surface area contributed by atoms with Crippen LogP contribution in [-0.2, 0) is 0 Å². The number of aromatic hydroxyl groups is 2. The maximum absolute atomic E-state index is 12.1. The van der Waals surface area contributed by atoms with E-state index in [2.05, 4.69) is 58.3 Å². The number of nitrogens with zero attached hydrogens (tertiary/aromatic N) is 2. The molecule has 3 N–H and O–H groups in total. The maximum Gasteiger partial charge on any atom is 0.275 e. The number of halogens is 3. The summed E-state index contributed by atoms with van der Waals surface area (Å²) in [5.41, 5.74) is 1.90. The standard InChI is InChI=1S/C14H8Br3N3O5/c15-7-2-9(13(22)10(16)3-7)14(23)19-18-5-6-1-8(20(24)25)4-11(17)12(6)21/h1-5,21-22H,(H,19,23)/b18-5-. The number of hydrogen-bond donors (Lipinski definition) is 3. The first-order chi connectivity index (χ1) is 11.7. The molecule has 0 saturated carbocycles. The number of non-ortho nitro benzene ring substituents is 1. The average molecular weight is 538 g/mol. The quantitative estimate of drug-likeness (QED) is 0.308. The molecule has 1 amide bonds. The van der Waals surface area contributed by atoms with Crippen molar-refractivity contribution in [1.82, 2.24) is 5.43 Å². The van der Waals surface area contributed by atoms with E-state index in [0.717, 1.165) is 18.3 Å². The van der Waals surface area contributed by atoms with Crippen molar-refractivity contribution in [3.05, 3.63) is 58.9 Å². The predicted octanol–water partition coefficient (Wildman–Crippen LogP) is 4.06. The number of nitrogens with one attached hydrogen (secondary N) is 1. The molecule has 0 aromatic heterocycles. The molecule has 0 atom stereocenters. The molecule has 0 aliphatic rings. The Morgan fingerprint density at radius 3 is 2.40 bits per heavy atom. The number of carbonyl (C=O) groups is 1. The van der Waals surface area contributed by atoms with Gasteiger partial charge in [0.05, 0.1) is 25.6 Å². The number of carbonyl (C=O) groups excluding carboxylic acids is 1. The van der Waals surface area contributed by atoms with Crippen LogP contribution in [0.15, 0.2) is 42.8 Å². The number of hydrogen-bond acceptors (Lipinski definition) is 6. The Morgan fingerprint density at radius 2 is 1.76 bits per heavy atom. The minimum Gasteiger partial charge on any atom is -0.506 e. The molecule has 0 fully saturated rings. The predicted molar refractivity (Wildman–Crippen MR) is 101 cm³/mol. The third kappa shape index (κ3) is 4.55. The number of amides is 1. The third-order valence-electron chi connectivity index (χ3n) is 2.93. The second-order valence-electron chi connectivity index (χ2n) is 4.61. The zero-order chi connectivity index (χ0) is 18.7. The molecule has 0 radical (unpaired) electrons. The summed E-state index contributed by atoms with van der Waals surface area (Å²) >= 11 is 9.31. The van der Waals surface area contributed by atoms with Gasteiger partial charge in [0.1, 0.15) is 11.5 Å². The molecule has 2 aromatic rings. The van der Waals surface area contributed by atoms with Crippen molar-refractivity contribution >= 4 is 65.6 Å². The molecule has 0 saturated heterocycles. The highest BCUT2D eigenvalue weighted by atomic mass is 79.9. The van der Waals surface area contributed by atoms with Gasteiger partial charge in [-0.25, -0.2) is 5.43 Å². The fourth-order valence-corrected chi connectivity index (χ4v) is 3.46. The number of benzene rings is 2. The minimum absolute atomic E-state index is 0.0287. The van der Waals surface area contributed by atoms with E-state index in [1.807, 2.05) is 0 Å². The Morgan fingerprint density at radius 1 is 1.12 bits per heavy atom. The lowest BCUT2D eigenvalue weighted by Gasteiger charge is -2.06. The monoisotopic (exact) mass is 535 g/mol. The van der Waals surface area contributed by atoms with E-state index < -0.39 is 10.8 Å². The van der Waals surface area contributed by atoms with E-state index >= 15 is 0 Å².